The molecule has 2 rings (SSSR count). The van der Waals surface area contributed by atoms with Crippen molar-refractivity contribution in [1.29, 1.82) is 0 Å². The van der Waals surface area contributed by atoms with E-state index in [1.165, 1.54) is 25.0 Å². The second-order valence-electron chi connectivity index (χ2n) is 5.21. The molecule has 7 heteroatoms. The van der Waals surface area contributed by atoms with E-state index in [0.29, 0.717) is 10.2 Å². The fraction of sp³-hybridized carbons (Fsp3) is 0.538. The van der Waals surface area contributed by atoms with Crippen molar-refractivity contribution < 1.29 is 8.42 Å². The molecule has 1 aliphatic rings. The van der Waals surface area contributed by atoms with Crippen LogP contribution in [-0.4, -0.2) is 39.0 Å². The molecule has 0 saturated carbocycles. The highest BCUT2D eigenvalue weighted by Gasteiger charge is 2.21. The fourth-order valence-electron chi connectivity index (χ4n) is 2.40. The Hall–Kier alpha value is -0.630. The van der Waals surface area contributed by atoms with Crippen molar-refractivity contribution in [3.05, 3.63) is 22.7 Å². The highest BCUT2D eigenvalue weighted by molar-refractivity contribution is 9.10. The van der Waals surface area contributed by atoms with Gasteiger partial charge in [0.1, 0.15) is 0 Å². The predicted octanol–water partition coefficient (Wildman–Crippen LogP) is 1.79. The molecular formula is C13H20BrN3O2S. The monoisotopic (exact) mass is 361 g/mol. The molecule has 1 atom stereocenters. The molecule has 1 fully saturated rings. The van der Waals surface area contributed by atoms with Crippen LogP contribution >= 0.6 is 15.9 Å². The number of halogens is 1. The maximum atomic E-state index is 12.3. The first-order valence-corrected chi connectivity index (χ1v) is 8.96. The molecule has 3 N–H and O–H groups in total. The number of nitrogens with zero attached hydrogens (tertiary/aromatic N) is 1. The number of nitrogens with one attached hydrogen (secondary N) is 1. The average molecular weight is 362 g/mol. The number of hydrogen-bond acceptors (Lipinski definition) is 4. The van der Waals surface area contributed by atoms with Crippen LogP contribution in [0.1, 0.15) is 19.8 Å². The van der Waals surface area contributed by atoms with Gasteiger partial charge in [-0.2, -0.15) is 0 Å². The lowest BCUT2D eigenvalue weighted by Crippen LogP contribution is -2.41. The minimum Gasteiger partial charge on any atom is -0.398 e. The Bertz CT molecular complexity index is 571. The summed E-state index contributed by atoms with van der Waals surface area (Å²) in [5.74, 6) is 0. The van der Waals surface area contributed by atoms with Gasteiger partial charge in [0.15, 0.2) is 0 Å². The zero-order valence-electron chi connectivity index (χ0n) is 11.5. The molecule has 1 aromatic rings. The Kier molecular flexibility index (Phi) is 5.06. The van der Waals surface area contributed by atoms with Crippen LogP contribution in [0.25, 0.3) is 0 Å². The van der Waals surface area contributed by atoms with Gasteiger partial charge in [-0.3, -0.25) is 0 Å². The van der Waals surface area contributed by atoms with Gasteiger partial charge < -0.3 is 10.6 Å². The van der Waals surface area contributed by atoms with Gasteiger partial charge >= 0.3 is 0 Å². The third kappa shape index (κ3) is 3.94. The zero-order valence-corrected chi connectivity index (χ0v) is 13.9. The van der Waals surface area contributed by atoms with E-state index in [1.54, 1.807) is 6.07 Å². The highest BCUT2D eigenvalue weighted by Crippen LogP contribution is 2.23. The molecule has 1 unspecified atom stereocenters. The lowest BCUT2D eigenvalue weighted by atomic mass is 10.3. The number of anilines is 1. The van der Waals surface area contributed by atoms with Gasteiger partial charge in [0.25, 0.3) is 0 Å². The van der Waals surface area contributed by atoms with Gasteiger partial charge in [0.2, 0.25) is 10.0 Å². The van der Waals surface area contributed by atoms with Gasteiger partial charge in [0, 0.05) is 22.7 Å². The van der Waals surface area contributed by atoms with Gasteiger partial charge in [-0.25, -0.2) is 13.1 Å². The Morgan fingerprint density at radius 2 is 2.05 bits per heavy atom. The van der Waals surface area contributed by atoms with Crippen LogP contribution in [0.15, 0.2) is 27.6 Å². The van der Waals surface area contributed by atoms with E-state index in [9.17, 15) is 8.42 Å². The second kappa shape index (κ2) is 6.43. The molecule has 0 amide bonds. The number of likely N-dealkylation sites (tertiary alicyclic amines) is 1. The quantitative estimate of drug-likeness (QED) is 0.784. The van der Waals surface area contributed by atoms with Crippen LogP contribution in [0.4, 0.5) is 5.69 Å². The number of nitrogen functional groups attached to an aromatic ring is 1. The van der Waals surface area contributed by atoms with E-state index < -0.39 is 10.0 Å². The highest BCUT2D eigenvalue weighted by atomic mass is 79.9. The van der Waals surface area contributed by atoms with E-state index >= 15 is 0 Å². The van der Waals surface area contributed by atoms with Crippen molar-refractivity contribution in [3.63, 3.8) is 0 Å². The summed E-state index contributed by atoms with van der Waals surface area (Å²) >= 11 is 3.25. The Morgan fingerprint density at radius 1 is 1.40 bits per heavy atom. The SMILES string of the molecule is CC(CN1CCCC1)NS(=O)(=O)c1ccc(N)c(Br)c1. The number of rotatable bonds is 5. The molecule has 112 valence electrons. The largest absolute Gasteiger partial charge is 0.398 e. The van der Waals surface area contributed by atoms with Gasteiger partial charge in [-0.1, -0.05) is 0 Å². The van der Waals surface area contributed by atoms with Crippen molar-refractivity contribution in [2.75, 3.05) is 25.4 Å². The standard InChI is InChI=1S/C13H20BrN3O2S/c1-10(9-17-6-2-3-7-17)16-20(18,19)11-4-5-13(15)12(14)8-11/h4-5,8,10,16H,2-3,6-7,9,15H2,1H3. The summed E-state index contributed by atoms with van der Waals surface area (Å²) in [6.45, 7) is 4.75. The molecule has 20 heavy (non-hydrogen) atoms. The van der Waals surface area contributed by atoms with Crippen molar-refractivity contribution in [2.24, 2.45) is 0 Å². The first-order valence-electron chi connectivity index (χ1n) is 6.68. The third-order valence-electron chi connectivity index (χ3n) is 3.37. The van der Waals surface area contributed by atoms with E-state index in [-0.39, 0.29) is 10.9 Å². The normalized spacial score (nSPS) is 18.3. The molecule has 0 radical (unpaired) electrons. The average Bonchev–Trinajstić information content (AvgIpc) is 2.84. The molecule has 0 aromatic heterocycles. The van der Waals surface area contributed by atoms with Gasteiger partial charge in [-0.15, -0.1) is 0 Å². The maximum absolute atomic E-state index is 12.3. The number of hydrogen-bond donors (Lipinski definition) is 2. The molecule has 1 aromatic carbocycles. The first-order chi connectivity index (χ1) is 9.38. The second-order valence-corrected chi connectivity index (χ2v) is 7.78. The molecular weight excluding hydrogens is 342 g/mol. The number of sulfonamides is 1. The fourth-order valence-corrected chi connectivity index (χ4v) is 4.19. The summed E-state index contributed by atoms with van der Waals surface area (Å²) in [6, 6.07) is 4.52. The predicted molar refractivity (Wildman–Crippen MR) is 84.0 cm³/mol. The maximum Gasteiger partial charge on any atom is 0.240 e. The zero-order chi connectivity index (χ0) is 14.8. The van der Waals surface area contributed by atoms with E-state index in [0.717, 1.165) is 19.6 Å². The first kappa shape index (κ1) is 15.8. The number of nitrogens with two attached hydrogens (primary N) is 1. The van der Waals surface area contributed by atoms with E-state index in [4.69, 9.17) is 5.73 Å². The van der Waals surface area contributed by atoms with Gasteiger partial charge in [-0.05, 0) is 67.0 Å². The minimum absolute atomic E-state index is 0.116. The Balaban J connectivity index is 2.03. The topological polar surface area (TPSA) is 75.4 Å². The van der Waals surface area contributed by atoms with Crippen molar-refractivity contribution >= 4 is 31.6 Å². The minimum atomic E-state index is -3.50. The lowest BCUT2D eigenvalue weighted by Gasteiger charge is -2.21. The molecule has 1 heterocycles. The van der Waals surface area contributed by atoms with Crippen molar-refractivity contribution in [2.45, 2.75) is 30.7 Å². The Morgan fingerprint density at radius 3 is 2.65 bits per heavy atom. The van der Waals surface area contributed by atoms with Crippen LogP contribution < -0.4 is 10.5 Å². The van der Waals surface area contributed by atoms with Crippen LogP contribution in [-0.2, 0) is 10.0 Å². The number of benzene rings is 1. The summed E-state index contributed by atoms with van der Waals surface area (Å²) in [6.07, 6.45) is 2.40. The summed E-state index contributed by atoms with van der Waals surface area (Å²) in [7, 11) is -3.50. The summed E-state index contributed by atoms with van der Waals surface area (Å²) in [5.41, 5.74) is 6.20. The summed E-state index contributed by atoms with van der Waals surface area (Å²) in [5, 5.41) is 0. The molecule has 5 nitrogen and oxygen atoms in total. The molecule has 0 aliphatic carbocycles. The van der Waals surface area contributed by atoms with Crippen LogP contribution in [0.2, 0.25) is 0 Å². The van der Waals surface area contributed by atoms with Crippen LogP contribution in [0, 0.1) is 0 Å². The van der Waals surface area contributed by atoms with Crippen LogP contribution in [0.5, 0.6) is 0 Å². The molecule has 1 saturated heterocycles. The molecule has 1 aliphatic heterocycles. The molecule has 0 spiro atoms. The van der Waals surface area contributed by atoms with E-state index in [1.807, 2.05) is 6.92 Å². The lowest BCUT2D eigenvalue weighted by molar-refractivity contribution is 0.313. The van der Waals surface area contributed by atoms with Crippen molar-refractivity contribution in [1.82, 2.24) is 9.62 Å². The molecule has 0 bridgehead atoms. The van der Waals surface area contributed by atoms with Gasteiger partial charge in [0.05, 0.1) is 4.90 Å². The van der Waals surface area contributed by atoms with Crippen LogP contribution in [0.3, 0.4) is 0 Å². The van der Waals surface area contributed by atoms with Crippen molar-refractivity contribution in [3.8, 4) is 0 Å². The third-order valence-corrected chi connectivity index (χ3v) is 5.64. The summed E-state index contributed by atoms with van der Waals surface area (Å²) < 4.78 is 27.9. The smallest absolute Gasteiger partial charge is 0.240 e. The summed E-state index contributed by atoms with van der Waals surface area (Å²) in [4.78, 5) is 2.51. The van der Waals surface area contributed by atoms with E-state index in [2.05, 4.69) is 25.6 Å². The Labute approximate surface area is 128 Å².